The molecular weight excluding hydrogens is 366 g/mol. The minimum Gasteiger partial charge on any atom is -0.481 e. The van der Waals surface area contributed by atoms with Gasteiger partial charge >= 0.3 is 5.97 Å². The zero-order valence-corrected chi connectivity index (χ0v) is 16.2. The first-order valence-electron chi connectivity index (χ1n) is 9.05. The summed E-state index contributed by atoms with van der Waals surface area (Å²) in [6.45, 7) is 6.69. The molecule has 0 aliphatic carbocycles. The van der Waals surface area contributed by atoms with Crippen molar-refractivity contribution in [1.29, 1.82) is 0 Å². The maximum absolute atomic E-state index is 13.0. The van der Waals surface area contributed by atoms with Crippen LogP contribution in [0.1, 0.15) is 36.3 Å². The molecule has 2 N–H and O–H groups in total. The van der Waals surface area contributed by atoms with Gasteiger partial charge in [0.05, 0.1) is 23.4 Å². The number of hydrogen-bond donors (Lipinski definition) is 2. The van der Waals surface area contributed by atoms with Crippen LogP contribution in [-0.2, 0) is 9.53 Å². The molecule has 10 heteroatoms. The molecule has 0 aliphatic rings. The number of nitrogens with one attached hydrogen (secondary N) is 1. The predicted molar refractivity (Wildman–Crippen MR) is 101 cm³/mol. The topological polar surface area (TPSA) is 130 Å². The fourth-order valence-electron chi connectivity index (χ4n) is 2.66. The largest absolute Gasteiger partial charge is 0.481 e. The van der Waals surface area contributed by atoms with E-state index < -0.39 is 11.9 Å². The molecule has 0 aromatic carbocycles. The molecule has 2 aromatic rings. The summed E-state index contributed by atoms with van der Waals surface area (Å²) in [7, 11) is 0. The molecule has 0 fully saturated rings. The van der Waals surface area contributed by atoms with E-state index >= 15 is 0 Å². The van der Waals surface area contributed by atoms with Gasteiger partial charge in [0.2, 0.25) is 0 Å². The summed E-state index contributed by atoms with van der Waals surface area (Å²) in [5.74, 6) is -1.60. The number of carbonyl (C=O) groups excluding carboxylic acids is 1. The molecule has 1 amide bonds. The zero-order chi connectivity index (χ0) is 20.7. The number of carboxylic acid groups (broad SMARTS) is 1. The average molecular weight is 391 g/mol. The number of ether oxygens (including phenoxy) is 1. The van der Waals surface area contributed by atoms with Crippen LogP contribution in [0.5, 0.6) is 0 Å². The van der Waals surface area contributed by atoms with E-state index in [0.29, 0.717) is 43.3 Å². The van der Waals surface area contributed by atoms with Gasteiger partial charge in [-0.2, -0.15) is 10.2 Å². The molecule has 2 heterocycles. The van der Waals surface area contributed by atoms with Gasteiger partial charge in [0.1, 0.15) is 0 Å². The van der Waals surface area contributed by atoms with Gasteiger partial charge in [-0.15, -0.1) is 0 Å². The first kappa shape index (κ1) is 21.3. The third kappa shape index (κ3) is 5.26. The monoisotopic (exact) mass is 391 g/mol. The number of nitrogens with zero attached hydrogens (tertiary/aromatic N) is 4. The van der Waals surface area contributed by atoms with Crippen molar-refractivity contribution >= 4 is 11.9 Å². The molecule has 28 heavy (non-hydrogen) atoms. The minimum atomic E-state index is -0.965. The lowest BCUT2D eigenvalue weighted by Crippen LogP contribution is -2.38. The normalized spacial score (nSPS) is 12.0. The van der Waals surface area contributed by atoms with Crippen molar-refractivity contribution in [3.63, 3.8) is 0 Å². The molecule has 0 spiro atoms. The highest BCUT2D eigenvalue weighted by atomic mass is 16.5. The predicted octanol–water partition coefficient (Wildman–Crippen LogP) is 0.854. The van der Waals surface area contributed by atoms with Crippen LogP contribution in [0.3, 0.4) is 0 Å². The Kier molecular flexibility index (Phi) is 7.44. The van der Waals surface area contributed by atoms with Gasteiger partial charge in [-0.05, 0) is 26.3 Å². The number of carboxylic acids is 1. The van der Waals surface area contributed by atoms with Crippen LogP contribution < -0.4 is 5.56 Å². The Morgan fingerprint density at radius 3 is 2.75 bits per heavy atom. The van der Waals surface area contributed by atoms with E-state index in [9.17, 15) is 19.5 Å². The molecular formula is C18H25N5O5. The molecule has 2 rings (SSSR count). The maximum atomic E-state index is 13.0. The highest BCUT2D eigenvalue weighted by molar-refractivity contribution is 5.95. The fraction of sp³-hybridized carbons (Fsp3) is 0.500. The van der Waals surface area contributed by atoms with Crippen molar-refractivity contribution in [3.05, 3.63) is 39.9 Å². The second kappa shape index (κ2) is 9.79. The first-order chi connectivity index (χ1) is 13.3. The first-order valence-corrected chi connectivity index (χ1v) is 9.05. The van der Waals surface area contributed by atoms with Crippen molar-refractivity contribution in [3.8, 4) is 5.82 Å². The third-order valence-corrected chi connectivity index (χ3v) is 4.25. The van der Waals surface area contributed by atoms with Crippen molar-refractivity contribution < 1.29 is 19.4 Å². The second-order valence-electron chi connectivity index (χ2n) is 6.38. The number of aromatic nitrogens is 4. The summed E-state index contributed by atoms with van der Waals surface area (Å²) >= 11 is 0. The van der Waals surface area contributed by atoms with E-state index in [4.69, 9.17) is 4.74 Å². The standard InChI is InChI=1S/C18H25N5O5/c1-4-28-9-5-8-22(11-12(2)18(26)27)17(25)14-10-19-23(13(14)3)15-6-7-16(24)21-20-15/h6-7,10,12H,4-5,8-9,11H2,1-3H3,(H,21,24)(H,26,27). The number of amides is 1. The molecule has 1 unspecified atom stereocenters. The number of aromatic amines is 1. The van der Waals surface area contributed by atoms with Crippen molar-refractivity contribution in [2.45, 2.75) is 27.2 Å². The van der Waals surface area contributed by atoms with Gasteiger partial charge in [0.25, 0.3) is 11.5 Å². The van der Waals surface area contributed by atoms with Crippen molar-refractivity contribution in [2.75, 3.05) is 26.3 Å². The molecule has 0 bridgehead atoms. The van der Waals surface area contributed by atoms with Crippen molar-refractivity contribution in [1.82, 2.24) is 24.9 Å². The van der Waals surface area contributed by atoms with E-state index in [1.165, 1.54) is 27.9 Å². The molecule has 2 aromatic heterocycles. The molecule has 1 atom stereocenters. The van der Waals surface area contributed by atoms with Gasteiger partial charge in [0.15, 0.2) is 5.82 Å². The van der Waals surface area contributed by atoms with Gasteiger partial charge < -0.3 is 14.7 Å². The molecule has 0 saturated heterocycles. The number of carbonyl (C=O) groups is 2. The molecule has 10 nitrogen and oxygen atoms in total. The SMILES string of the molecule is CCOCCCN(CC(C)C(=O)O)C(=O)c1cnn(-c2ccc(=O)[nH]n2)c1C. The van der Waals surface area contributed by atoms with Crippen LogP contribution in [-0.4, -0.2) is 68.2 Å². The lowest BCUT2D eigenvalue weighted by atomic mass is 10.1. The van der Waals surface area contributed by atoms with E-state index in [1.54, 1.807) is 13.8 Å². The third-order valence-electron chi connectivity index (χ3n) is 4.25. The maximum Gasteiger partial charge on any atom is 0.308 e. The smallest absolute Gasteiger partial charge is 0.308 e. The average Bonchev–Trinajstić information content (AvgIpc) is 3.05. The second-order valence-corrected chi connectivity index (χ2v) is 6.38. The van der Waals surface area contributed by atoms with Crippen LogP contribution in [0.2, 0.25) is 0 Å². The van der Waals surface area contributed by atoms with Gasteiger partial charge in [-0.3, -0.25) is 14.4 Å². The number of hydrogen-bond acceptors (Lipinski definition) is 6. The summed E-state index contributed by atoms with van der Waals surface area (Å²) in [5, 5.41) is 19.6. The summed E-state index contributed by atoms with van der Waals surface area (Å²) in [4.78, 5) is 37.0. The van der Waals surface area contributed by atoms with E-state index in [2.05, 4.69) is 15.3 Å². The van der Waals surface area contributed by atoms with E-state index in [-0.39, 0.29) is 18.0 Å². The Hall–Kier alpha value is -3.01. The Balaban J connectivity index is 2.23. The number of rotatable bonds is 10. The summed E-state index contributed by atoms with van der Waals surface area (Å²) < 4.78 is 6.76. The van der Waals surface area contributed by atoms with Crippen LogP contribution in [0.4, 0.5) is 0 Å². The minimum absolute atomic E-state index is 0.0851. The lowest BCUT2D eigenvalue weighted by molar-refractivity contribution is -0.141. The quantitative estimate of drug-likeness (QED) is 0.574. The fourth-order valence-corrected chi connectivity index (χ4v) is 2.66. The molecule has 0 radical (unpaired) electrons. The van der Waals surface area contributed by atoms with E-state index in [1.807, 2.05) is 6.92 Å². The number of aliphatic carboxylic acids is 1. The van der Waals surface area contributed by atoms with Crippen LogP contribution in [0.25, 0.3) is 5.82 Å². The highest BCUT2D eigenvalue weighted by Crippen LogP contribution is 2.15. The Morgan fingerprint density at radius 1 is 1.39 bits per heavy atom. The molecule has 0 saturated carbocycles. The summed E-state index contributed by atoms with van der Waals surface area (Å²) in [6.07, 6.45) is 2.02. The van der Waals surface area contributed by atoms with Gasteiger partial charge in [-0.1, -0.05) is 6.92 Å². The lowest BCUT2D eigenvalue weighted by Gasteiger charge is -2.24. The van der Waals surface area contributed by atoms with Crippen LogP contribution in [0, 0.1) is 12.8 Å². The van der Waals surface area contributed by atoms with E-state index in [0.717, 1.165) is 0 Å². The highest BCUT2D eigenvalue weighted by Gasteiger charge is 2.25. The van der Waals surface area contributed by atoms with Gasteiger partial charge in [0, 0.05) is 32.4 Å². The van der Waals surface area contributed by atoms with Crippen LogP contribution in [0.15, 0.2) is 23.1 Å². The Morgan fingerprint density at radius 2 is 2.14 bits per heavy atom. The Labute approximate surface area is 162 Å². The van der Waals surface area contributed by atoms with Gasteiger partial charge in [-0.25, -0.2) is 9.78 Å². The molecule has 152 valence electrons. The summed E-state index contributed by atoms with van der Waals surface area (Å²) in [5.41, 5.74) is 0.553. The number of H-pyrrole nitrogens is 1. The van der Waals surface area contributed by atoms with Crippen molar-refractivity contribution in [2.24, 2.45) is 5.92 Å². The molecule has 0 aliphatic heterocycles. The van der Waals surface area contributed by atoms with Crippen LogP contribution >= 0.6 is 0 Å². The summed E-state index contributed by atoms with van der Waals surface area (Å²) in [6, 6.07) is 2.82. The zero-order valence-electron chi connectivity index (χ0n) is 16.2. The Bertz CT molecular complexity index is 855.